The Kier molecular flexibility index (Phi) is 4.71. The molecule has 2 aromatic heterocycles. The van der Waals surface area contributed by atoms with Crippen molar-refractivity contribution in [2.45, 2.75) is 19.3 Å². The van der Waals surface area contributed by atoms with Crippen LogP contribution in [0.5, 0.6) is 0 Å². The summed E-state index contributed by atoms with van der Waals surface area (Å²) in [4.78, 5) is 19.8. The van der Waals surface area contributed by atoms with Gasteiger partial charge >= 0.3 is 0 Å². The molecular weight excluding hydrogens is 292 g/mol. The van der Waals surface area contributed by atoms with Crippen LogP contribution in [0, 0.1) is 5.92 Å². The Morgan fingerprint density at radius 2 is 2.26 bits per heavy atom. The summed E-state index contributed by atoms with van der Waals surface area (Å²) in [6.45, 7) is 3.30. The number of rotatable bonds is 7. The molecule has 3 rings (SSSR count). The molecule has 23 heavy (non-hydrogen) atoms. The number of nitrogens with zero attached hydrogens (tertiary/aromatic N) is 2. The van der Waals surface area contributed by atoms with Crippen LogP contribution in [0.4, 0.5) is 5.82 Å². The van der Waals surface area contributed by atoms with Gasteiger partial charge in [0.25, 0.3) is 0 Å². The van der Waals surface area contributed by atoms with Gasteiger partial charge in [0, 0.05) is 37.5 Å². The van der Waals surface area contributed by atoms with Gasteiger partial charge in [-0.2, -0.15) is 0 Å². The maximum atomic E-state index is 11.7. The topological polar surface area (TPSA) is 80.0 Å². The molecular formula is C17H20N4O2. The van der Waals surface area contributed by atoms with E-state index in [1.807, 2.05) is 12.1 Å². The molecule has 1 aliphatic rings. The van der Waals surface area contributed by atoms with E-state index in [1.165, 1.54) is 12.5 Å². The van der Waals surface area contributed by atoms with Crippen molar-refractivity contribution >= 4 is 17.8 Å². The zero-order valence-corrected chi connectivity index (χ0v) is 13.0. The van der Waals surface area contributed by atoms with Crippen molar-refractivity contribution in [1.29, 1.82) is 0 Å². The summed E-state index contributed by atoms with van der Waals surface area (Å²) < 4.78 is 5.72. The normalized spacial score (nSPS) is 19.7. The molecule has 0 aromatic carbocycles. The summed E-state index contributed by atoms with van der Waals surface area (Å²) in [6, 6.07) is 3.90. The van der Waals surface area contributed by atoms with E-state index in [9.17, 15) is 4.79 Å². The molecule has 120 valence electrons. The molecule has 0 unspecified atom stereocenters. The van der Waals surface area contributed by atoms with Crippen LogP contribution in [-0.4, -0.2) is 29.0 Å². The minimum absolute atomic E-state index is 0.149. The lowest BCUT2D eigenvalue weighted by atomic mass is 10.3. The van der Waals surface area contributed by atoms with Gasteiger partial charge < -0.3 is 15.1 Å². The van der Waals surface area contributed by atoms with Gasteiger partial charge in [-0.25, -0.2) is 4.98 Å². The number of furan rings is 1. The Morgan fingerprint density at radius 3 is 3.00 bits per heavy atom. The summed E-state index contributed by atoms with van der Waals surface area (Å²) in [5.41, 5.74) is 0. The molecule has 0 bridgehead atoms. The number of aromatic nitrogens is 2. The SMILES string of the molecule is C[C@@H]1C[C@@H]1c1ccc(/C=C\C(=O)NCCNc2cnccn2)o1. The Bertz CT molecular complexity index is 681. The molecule has 1 fully saturated rings. The molecule has 1 saturated carbocycles. The number of hydrogen-bond donors (Lipinski definition) is 2. The van der Waals surface area contributed by atoms with Crippen molar-refractivity contribution in [3.05, 3.63) is 48.3 Å². The molecule has 2 heterocycles. The predicted molar refractivity (Wildman–Crippen MR) is 87.8 cm³/mol. The van der Waals surface area contributed by atoms with Crippen molar-refractivity contribution in [3.8, 4) is 0 Å². The summed E-state index contributed by atoms with van der Waals surface area (Å²) in [5.74, 6) is 3.54. The van der Waals surface area contributed by atoms with Crippen LogP contribution in [0.2, 0.25) is 0 Å². The van der Waals surface area contributed by atoms with Gasteiger partial charge in [0.15, 0.2) is 0 Å². The fourth-order valence-electron chi connectivity index (χ4n) is 2.36. The molecule has 2 N–H and O–H groups in total. The molecule has 1 aliphatic carbocycles. The van der Waals surface area contributed by atoms with Gasteiger partial charge in [-0.3, -0.25) is 9.78 Å². The Morgan fingerprint density at radius 1 is 1.39 bits per heavy atom. The first kappa shape index (κ1) is 15.3. The molecule has 2 aromatic rings. The van der Waals surface area contributed by atoms with Crippen LogP contribution in [0.25, 0.3) is 6.08 Å². The quantitative estimate of drug-likeness (QED) is 0.606. The van der Waals surface area contributed by atoms with Gasteiger partial charge in [-0.1, -0.05) is 6.92 Å². The minimum atomic E-state index is -0.149. The molecule has 6 heteroatoms. The molecule has 1 amide bonds. The monoisotopic (exact) mass is 312 g/mol. The number of amides is 1. The zero-order chi connectivity index (χ0) is 16.1. The van der Waals surface area contributed by atoms with Gasteiger partial charge in [0.05, 0.1) is 6.20 Å². The predicted octanol–water partition coefficient (Wildman–Crippen LogP) is 2.43. The number of hydrogen-bond acceptors (Lipinski definition) is 5. The second kappa shape index (κ2) is 7.09. The summed E-state index contributed by atoms with van der Waals surface area (Å²) in [5, 5.41) is 5.86. The molecule has 0 spiro atoms. The Labute approximate surface area is 135 Å². The highest BCUT2D eigenvalue weighted by Gasteiger charge is 2.36. The summed E-state index contributed by atoms with van der Waals surface area (Å²) in [7, 11) is 0. The number of nitrogens with one attached hydrogen (secondary N) is 2. The van der Waals surface area contributed by atoms with Crippen molar-refractivity contribution in [1.82, 2.24) is 15.3 Å². The van der Waals surface area contributed by atoms with Crippen molar-refractivity contribution in [3.63, 3.8) is 0 Å². The molecule has 2 atom stereocenters. The Hall–Kier alpha value is -2.63. The average Bonchev–Trinajstić information content (AvgIpc) is 3.11. The van der Waals surface area contributed by atoms with Gasteiger partial charge in [-0.15, -0.1) is 0 Å². The first-order valence-corrected chi connectivity index (χ1v) is 7.78. The first-order valence-electron chi connectivity index (χ1n) is 7.78. The fraction of sp³-hybridized carbons (Fsp3) is 0.353. The summed E-state index contributed by atoms with van der Waals surface area (Å²) in [6.07, 6.45) is 9.24. The van der Waals surface area contributed by atoms with E-state index in [-0.39, 0.29) is 5.91 Å². The van der Waals surface area contributed by atoms with Crippen molar-refractivity contribution in [2.24, 2.45) is 5.92 Å². The Balaban J connectivity index is 1.38. The summed E-state index contributed by atoms with van der Waals surface area (Å²) >= 11 is 0. The van der Waals surface area contributed by atoms with E-state index in [2.05, 4.69) is 27.5 Å². The largest absolute Gasteiger partial charge is 0.461 e. The molecule has 0 aliphatic heterocycles. The third kappa shape index (κ3) is 4.42. The second-order valence-corrected chi connectivity index (χ2v) is 5.70. The molecule has 0 saturated heterocycles. The first-order chi connectivity index (χ1) is 11.2. The van der Waals surface area contributed by atoms with E-state index in [0.29, 0.717) is 36.5 Å². The van der Waals surface area contributed by atoms with Crippen LogP contribution in [0.3, 0.4) is 0 Å². The third-order valence-corrected chi connectivity index (χ3v) is 3.81. The van der Waals surface area contributed by atoms with Crippen LogP contribution in [0.1, 0.15) is 30.8 Å². The maximum Gasteiger partial charge on any atom is 0.244 e. The minimum Gasteiger partial charge on any atom is -0.461 e. The number of carbonyl (C=O) groups excluding carboxylic acids is 1. The van der Waals surface area contributed by atoms with E-state index >= 15 is 0 Å². The fourth-order valence-corrected chi connectivity index (χ4v) is 2.36. The third-order valence-electron chi connectivity index (χ3n) is 3.81. The molecule has 0 radical (unpaired) electrons. The highest BCUT2D eigenvalue weighted by molar-refractivity contribution is 5.91. The average molecular weight is 312 g/mol. The number of carbonyl (C=O) groups is 1. The smallest absolute Gasteiger partial charge is 0.244 e. The van der Waals surface area contributed by atoms with Crippen LogP contribution in [0.15, 0.2) is 41.2 Å². The van der Waals surface area contributed by atoms with Crippen LogP contribution < -0.4 is 10.6 Å². The van der Waals surface area contributed by atoms with Gasteiger partial charge in [-0.05, 0) is 30.5 Å². The lowest BCUT2D eigenvalue weighted by molar-refractivity contribution is -0.116. The van der Waals surface area contributed by atoms with E-state index in [0.717, 1.165) is 5.76 Å². The zero-order valence-electron chi connectivity index (χ0n) is 13.0. The standard InChI is InChI=1S/C17H20N4O2/c1-12-10-14(12)15-4-2-13(23-15)3-5-17(22)21-9-8-20-16-11-18-6-7-19-16/h2-7,11-12,14H,8-10H2,1H3,(H,19,20)(H,21,22)/b5-3-/t12-,14+/m1/s1. The van der Waals surface area contributed by atoms with Gasteiger partial charge in [0.1, 0.15) is 17.3 Å². The second-order valence-electron chi connectivity index (χ2n) is 5.70. The molecule has 6 nitrogen and oxygen atoms in total. The van der Waals surface area contributed by atoms with E-state index in [1.54, 1.807) is 24.7 Å². The maximum absolute atomic E-state index is 11.7. The van der Waals surface area contributed by atoms with Crippen LogP contribution >= 0.6 is 0 Å². The highest BCUT2D eigenvalue weighted by Crippen LogP contribution is 2.47. The van der Waals surface area contributed by atoms with Gasteiger partial charge in [0.2, 0.25) is 5.91 Å². The van der Waals surface area contributed by atoms with Crippen LogP contribution in [-0.2, 0) is 4.79 Å². The van der Waals surface area contributed by atoms with Crippen molar-refractivity contribution in [2.75, 3.05) is 18.4 Å². The number of anilines is 1. The lowest BCUT2D eigenvalue weighted by Crippen LogP contribution is -2.27. The van der Waals surface area contributed by atoms with E-state index < -0.39 is 0 Å². The van der Waals surface area contributed by atoms with Crippen molar-refractivity contribution < 1.29 is 9.21 Å². The van der Waals surface area contributed by atoms with E-state index in [4.69, 9.17) is 4.42 Å². The lowest BCUT2D eigenvalue weighted by Gasteiger charge is -2.04. The highest BCUT2D eigenvalue weighted by atomic mass is 16.3.